The Balaban J connectivity index is 2.32. The van der Waals surface area contributed by atoms with E-state index >= 15 is 0 Å². The molecule has 2 N–H and O–H groups in total. The molecule has 0 saturated heterocycles. The van der Waals surface area contributed by atoms with E-state index in [0.29, 0.717) is 17.2 Å². The minimum Gasteiger partial charge on any atom is -0.352 e. The number of benzene rings is 1. The number of hydrazine groups is 1. The van der Waals surface area contributed by atoms with Gasteiger partial charge in [-0.05, 0) is 24.5 Å². The summed E-state index contributed by atoms with van der Waals surface area (Å²) >= 11 is 0. The Morgan fingerprint density at radius 2 is 1.95 bits per heavy atom. The summed E-state index contributed by atoms with van der Waals surface area (Å²) < 4.78 is 0. The number of nitrogens with one attached hydrogen (secondary N) is 2. The fourth-order valence-corrected chi connectivity index (χ4v) is 1.77. The van der Waals surface area contributed by atoms with Gasteiger partial charge >= 0.3 is 0 Å². The molecule has 1 aromatic rings. The molecule has 0 radical (unpaired) electrons. The van der Waals surface area contributed by atoms with Gasteiger partial charge in [-0.2, -0.15) is 0 Å². The average Bonchev–Trinajstić information content (AvgIpc) is 2.47. The lowest BCUT2D eigenvalue weighted by molar-refractivity contribution is 0.0759. The van der Waals surface area contributed by atoms with Crippen molar-refractivity contribution in [3.63, 3.8) is 0 Å². The monoisotopic (exact) mass is 274 g/mol. The van der Waals surface area contributed by atoms with Crippen LogP contribution in [0.5, 0.6) is 0 Å². The molecule has 0 aromatic heterocycles. The van der Waals surface area contributed by atoms with Gasteiger partial charge < -0.3 is 5.32 Å². The summed E-state index contributed by atoms with van der Waals surface area (Å²) in [6.07, 6.45) is 0. The van der Waals surface area contributed by atoms with E-state index in [2.05, 4.69) is 43.4 Å². The second-order valence-corrected chi connectivity index (χ2v) is 6.19. The highest BCUT2D eigenvalue weighted by molar-refractivity contribution is 6.02. The SMILES string of the molecule is CC(NC1=Nc2ccccc2C(=O)N(C)N1)C(C)(C)C. The largest absolute Gasteiger partial charge is 0.352 e. The second-order valence-electron chi connectivity index (χ2n) is 6.19. The summed E-state index contributed by atoms with van der Waals surface area (Å²) in [5, 5.41) is 4.79. The van der Waals surface area contributed by atoms with Crippen LogP contribution in [-0.2, 0) is 0 Å². The van der Waals surface area contributed by atoms with Gasteiger partial charge in [-0.25, -0.2) is 4.99 Å². The Bertz CT molecular complexity index is 545. The predicted octanol–water partition coefficient (Wildman–Crippen LogP) is 2.29. The Hall–Kier alpha value is -2.04. The number of rotatable bonds is 1. The zero-order valence-corrected chi connectivity index (χ0v) is 12.7. The van der Waals surface area contributed by atoms with Crippen LogP contribution in [0.15, 0.2) is 29.3 Å². The molecule has 1 amide bonds. The maximum absolute atomic E-state index is 12.2. The van der Waals surface area contributed by atoms with E-state index in [9.17, 15) is 4.79 Å². The number of hydrogen-bond donors (Lipinski definition) is 2. The Labute approximate surface area is 120 Å². The van der Waals surface area contributed by atoms with Gasteiger partial charge in [-0.3, -0.25) is 15.2 Å². The molecule has 2 rings (SSSR count). The van der Waals surface area contributed by atoms with Gasteiger partial charge in [0.25, 0.3) is 5.91 Å². The van der Waals surface area contributed by atoms with Gasteiger partial charge in [0, 0.05) is 13.1 Å². The zero-order chi connectivity index (χ0) is 14.9. The van der Waals surface area contributed by atoms with Crippen LogP contribution in [0.25, 0.3) is 0 Å². The van der Waals surface area contributed by atoms with E-state index in [1.165, 1.54) is 5.01 Å². The lowest BCUT2D eigenvalue weighted by atomic mass is 9.88. The third-order valence-electron chi connectivity index (χ3n) is 3.60. The van der Waals surface area contributed by atoms with Crippen molar-refractivity contribution in [1.82, 2.24) is 15.8 Å². The summed E-state index contributed by atoms with van der Waals surface area (Å²) in [7, 11) is 1.70. The van der Waals surface area contributed by atoms with Crippen LogP contribution in [0, 0.1) is 5.41 Å². The minimum absolute atomic E-state index is 0.0930. The lowest BCUT2D eigenvalue weighted by Gasteiger charge is -2.30. The molecule has 1 aliphatic heterocycles. The molecule has 5 heteroatoms. The summed E-state index contributed by atoms with van der Waals surface area (Å²) in [4.78, 5) is 16.8. The first-order valence-electron chi connectivity index (χ1n) is 6.78. The van der Waals surface area contributed by atoms with Crippen LogP contribution >= 0.6 is 0 Å². The van der Waals surface area contributed by atoms with E-state index < -0.39 is 0 Å². The van der Waals surface area contributed by atoms with Crippen molar-refractivity contribution in [2.45, 2.75) is 33.7 Å². The van der Waals surface area contributed by atoms with E-state index in [0.717, 1.165) is 0 Å². The number of amides is 1. The predicted molar refractivity (Wildman–Crippen MR) is 80.8 cm³/mol. The molecule has 1 atom stereocenters. The standard InChI is InChI=1S/C15H22N4O/c1-10(15(2,3)4)16-14-17-12-9-7-6-8-11(12)13(20)19(5)18-14/h6-10H,1-5H3,(H2,16,17,18). The summed E-state index contributed by atoms with van der Waals surface area (Å²) in [5.74, 6) is 0.498. The second kappa shape index (κ2) is 5.15. The molecule has 5 nitrogen and oxygen atoms in total. The van der Waals surface area contributed by atoms with Crippen molar-refractivity contribution in [3.05, 3.63) is 29.8 Å². The zero-order valence-electron chi connectivity index (χ0n) is 12.7. The van der Waals surface area contributed by atoms with Crippen LogP contribution in [-0.4, -0.2) is 30.0 Å². The van der Waals surface area contributed by atoms with Crippen molar-refractivity contribution in [3.8, 4) is 0 Å². The Kier molecular flexibility index (Phi) is 3.70. The highest BCUT2D eigenvalue weighted by atomic mass is 16.2. The number of nitrogens with zero attached hydrogens (tertiary/aromatic N) is 2. The topological polar surface area (TPSA) is 56.7 Å². The van der Waals surface area contributed by atoms with Gasteiger partial charge in [0.15, 0.2) is 0 Å². The van der Waals surface area contributed by atoms with Crippen molar-refractivity contribution in [2.75, 3.05) is 7.05 Å². The van der Waals surface area contributed by atoms with Gasteiger partial charge in [0.2, 0.25) is 5.96 Å². The molecule has 0 fully saturated rings. The number of carbonyl (C=O) groups is 1. The van der Waals surface area contributed by atoms with Gasteiger partial charge in [-0.15, -0.1) is 0 Å². The first-order chi connectivity index (χ1) is 9.29. The molecule has 1 aliphatic rings. The number of guanidine groups is 1. The molecule has 0 spiro atoms. The van der Waals surface area contributed by atoms with Gasteiger partial charge in [-0.1, -0.05) is 32.9 Å². The summed E-state index contributed by atoms with van der Waals surface area (Å²) in [6, 6.07) is 7.57. The quantitative estimate of drug-likeness (QED) is 0.826. The number of fused-ring (bicyclic) bond motifs is 1. The third kappa shape index (κ3) is 2.92. The molecule has 1 aromatic carbocycles. The summed E-state index contributed by atoms with van der Waals surface area (Å²) in [5.41, 5.74) is 4.38. The fourth-order valence-electron chi connectivity index (χ4n) is 1.77. The normalized spacial score (nSPS) is 16.8. The molecule has 0 bridgehead atoms. The average molecular weight is 274 g/mol. The first kappa shape index (κ1) is 14.4. The molecular formula is C15H22N4O. The highest BCUT2D eigenvalue weighted by Crippen LogP contribution is 2.23. The van der Waals surface area contributed by atoms with Crippen LogP contribution in [0.1, 0.15) is 38.1 Å². The minimum atomic E-state index is -0.0930. The van der Waals surface area contributed by atoms with Crippen LogP contribution in [0.4, 0.5) is 5.69 Å². The van der Waals surface area contributed by atoms with Crippen molar-refractivity contribution in [1.29, 1.82) is 0 Å². The van der Waals surface area contributed by atoms with Crippen LogP contribution in [0.3, 0.4) is 0 Å². The van der Waals surface area contributed by atoms with E-state index in [4.69, 9.17) is 0 Å². The Morgan fingerprint density at radius 1 is 1.30 bits per heavy atom. The maximum Gasteiger partial charge on any atom is 0.274 e. The van der Waals surface area contributed by atoms with Crippen LogP contribution < -0.4 is 10.7 Å². The first-order valence-corrected chi connectivity index (χ1v) is 6.78. The number of aliphatic imine (C=N–C) groups is 1. The van der Waals surface area contributed by atoms with Crippen LogP contribution in [0.2, 0.25) is 0 Å². The number of para-hydroxylation sites is 1. The molecular weight excluding hydrogens is 252 g/mol. The lowest BCUT2D eigenvalue weighted by Crippen LogP contribution is -2.52. The molecule has 0 aliphatic carbocycles. The van der Waals surface area contributed by atoms with E-state index in [-0.39, 0.29) is 17.4 Å². The molecule has 108 valence electrons. The van der Waals surface area contributed by atoms with Crippen molar-refractivity contribution >= 4 is 17.6 Å². The molecule has 1 unspecified atom stereocenters. The number of carbonyl (C=O) groups excluding carboxylic acids is 1. The summed E-state index contributed by atoms with van der Waals surface area (Å²) in [6.45, 7) is 8.57. The molecule has 1 heterocycles. The molecule has 20 heavy (non-hydrogen) atoms. The van der Waals surface area contributed by atoms with Crippen molar-refractivity contribution in [2.24, 2.45) is 10.4 Å². The third-order valence-corrected chi connectivity index (χ3v) is 3.60. The smallest absolute Gasteiger partial charge is 0.274 e. The molecule has 0 saturated carbocycles. The number of hydrogen-bond acceptors (Lipinski definition) is 4. The van der Waals surface area contributed by atoms with E-state index in [1.54, 1.807) is 13.1 Å². The fraction of sp³-hybridized carbons (Fsp3) is 0.467. The van der Waals surface area contributed by atoms with Gasteiger partial charge in [0.05, 0.1) is 11.3 Å². The van der Waals surface area contributed by atoms with E-state index in [1.807, 2.05) is 18.2 Å². The van der Waals surface area contributed by atoms with Crippen molar-refractivity contribution < 1.29 is 4.79 Å². The van der Waals surface area contributed by atoms with Gasteiger partial charge in [0.1, 0.15) is 0 Å². The maximum atomic E-state index is 12.2. The Morgan fingerprint density at radius 3 is 2.60 bits per heavy atom. The highest BCUT2D eigenvalue weighted by Gasteiger charge is 2.25.